The summed E-state index contributed by atoms with van der Waals surface area (Å²) in [6.07, 6.45) is 5.67. The number of allylic oxidation sites excluding steroid dienone is 4. The zero-order chi connectivity index (χ0) is 26.3. The Balaban J connectivity index is 1.49. The number of hydrogen-bond donors (Lipinski definition) is 1. The third-order valence-electron chi connectivity index (χ3n) is 8.28. The van der Waals surface area contributed by atoms with Crippen LogP contribution in [-0.4, -0.2) is 30.2 Å². The Bertz CT molecular complexity index is 1210. The molecule has 1 aromatic carbocycles. The molecule has 0 saturated heterocycles. The molecule has 0 aromatic heterocycles. The molecule has 1 fully saturated rings. The Morgan fingerprint density at radius 2 is 1.89 bits per heavy atom. The van der Waals surface area contributed by atoms with Gasteiger partial charge >= 0.3 is 5.97 Å². The van der Waals surface area contributed by atoms with Crippen molar-refractivity contribution < 1.29 is 23.9 Å². The number of nitrogens with one attached hydrogen (secondary N) is 1. The van der Waals surface area contributed by atoms with Crippen LogP contribution in [0.25, 0.3) is 0 Å². The van der Waals surface area contributed by atoms with E-state index in [1.807, 2.05) is 37.3 Å². The molecule has 1 saturated carbocycles. The molecule has 0 amide bonds. The number of esters is 1. The number of carbonyl (C=O) groups is 3. The zero-order valence-electron chi connectivity index (χ0n) is 22.3. The Morgan fingerprint density at radius 3 is 2.65 bits per heavy atom. The summed E-state index contributed by atoms with van der Waals surface area (Å²) in [6.45, 7) is 8.35. The van der Waals surface area contributed by atoms with Gasteiger partial charge in [-0.1, -0.05) is 51.1 Å². The highest BCUT2D eigenvalue weighted by Crippen LogP contribution is 2.47. The van der Waals surface area contributed by atoms with Gasteiger partial charge in [0.2, 0.25) is 0 Å². The molecule has 4 unspecified atom stereocenters. The zero-order valence-corrected chi connectivity index (χ0v) is 22.3. The summed E-state index contributed by atoms with van der Waals surface area (Å²) in [6, 6.07) is 9.84. The molecule has 0 spiro atoms. The molecule has 4 aliphatic rings. The van der Waals surface area contributed by atoms with Gasteiger partial charge < -0.3 is 14.8 Å². The van der Waals surface area contributed by atoms with E-state index < -0.39 is 11.9 Å². The molecule has 2 aliphatic heterocycles. The molecule has 2 heterocycles. The van der Waals surface area contributed by atoms with Crippen LogP contribution in [0.3, 0.4) is 0 Å². The van der Waals surface area contributed by atoms with Gasteiger partial charge in [0.05, 0.1) is 30.3 Å². The van der Waals surface area contributed by atoms with Crippen molar-refractivity contribution in [2.24, 2.45) is 23.2 Å². The molecular formula is C31H37NO5. The largest absolute Gasteiger partial charge is 0.497 e. The maximum absolute atomic E-state index is 13.9. The van der Waals surface area contributed by atoms with E-state index in [1.54, 1.807) is 0 Å². The standard InChI is InChI=1S/C31H37NO5/c1-18-10-11-25-21(14-18)29(34)22(17-37-25)27-26(30(35)36-13-12-20-8-6-5-7-9-20)19(2)32-23-15-31(3,4)16-24(33)28(23)27/h5-9,17-18,21,25,27,32H,10-16H2,1-4H3. The van der Waals surface area contributed by atoms with Crippen LogP contribution >= 0.6 is 0 Å². The number of ether oxygens (including phenoxy) is 2. The van der Waals surface area contributed by atoms with Crippen molar-refractivity contribution in [1.29, 1.82) is 0 Å². The fourth-order valence-electron chi connectivity index (χ4n) is 6.44. The van der Waals surface area contributed by atoms with Crippen LogP contribution in [0.4, 0.5) is 0 Å². The normalized spacial score (nSPS) is 29.0. The van der Waals surface area contributed by atoms with Crippen molar-refractivity contribution in [3.05, 3.63) is 70.3 Å². The molecule has 2 aliphatic carbocycles. The van der Waals surface area contributed by atoms with Crippen molar-refractivity contribution in [3.63, 3.8) is 0 Å². The first-order chi connectivity index (χ1) is 17.6. The average Bonchev–Trinajstić information content (AvgIpc) is 2.83. The van der Waals surface area contributed by atoms with Gasteiger partial charge in [-0.2, -0.15) is 0 Å². The van der Waals surface area contributed by atoms with E-state index in [9.17, 15) is 14.4 Å². The summed E-state index contributed by atoms with van der Waals surface area (Å²) in [7, 11) is 0. The Hall–Kier alpha value is -3.15. The highest BCUT2D eigenvalue weighted by Gasteiger charge is 2.49. The lowest BCUT2D eigenvalue weighted by Gasteiger charge is -2.42. The molecular weight excluding hydrogens is 466 g/mol. The summed E-state index contributed by atoms with van der Waals surface area (Å²) in [5.41, 5.74) is 3.57. The van der Waals surface area contributed by atoms with Gasteiger partial charge in [0.15, 0.2) is 11.6 Å². The molecule has 6 heteroatoms. The van der Waals surface area contributed by atoms with Crippen molar-refractivity contribution in [2.75, 3.05) is 6.61 Å². The van der Waals surface area contributed by atoms with Gasteiger partial charge in [0.25, 0.3) is 0 Å². The van der Waals surface area contributed by atoms with E-state index in [4.69, 9.17) is 9.47 Å². The number of ketones is 2. The quantitative estimate of drug-likeness (QED) is 0.557. The first kappa shape index (κ1) is 25.5. The number of Topliss-reactive ketones (excluding diaryl/α,β-unsaturated/α-hetero) is 2. The predicted octanol–water partition coefficient (Wildman–Crippen LogP) is 5.20. The average molecular weight is 504 g/mol. The van der Waals surface area contributed by atoms with Crippen molar-refractivity contribution in [1.82, 2.24) is 5.32 Å². The van der Waals surface area contributed by atoms with Gasteiger partial charge in [-0.3, -0.25) is 9.59 Å². The monoisotopic (exact) mass is 503 g/mol. The molecule has 6 nitrogen and oxygen atoms in total. The van der Waals surface area contributed by atoms with E-state index in [0.717, 1.165) is 30.5 Å². The number of dihydropyridines is 1. The lowest BCUT2D eigenvalue weighted by Crippen LogP contribution is -2.45. The number of benzene rings is 1. The summed E-state index contributed by atoms with van der Waals surface area (Å²) in [5.74, 6) is -1.10. The van der Waals surface area contributed by atoms with Crippen LogP contribution in [0.15, 0.2) is 64.7 Å². The van der Waals surface area contributed by atoms with Gasteiger partial charge in [0.1, 0.15) is 6.10 Å². The van der Waals surface area contributed by atoms with Crippen LogP contribution in [0, 0.1) is 23.2 Å². The second-order valence-corrected chi connectivity index (χ2v) is 11.9. The van der Waals surface area contributed by atoms with Crippen LogP contribution in [-0.2, 0) is 30.3 Å². The smallest absolute Gasteiger partial charge is 0.336 e. The minimum absolute atomic E-state index is 0.00145. The van der Waals surface area contributed by atoms with E-state index in [2.05, 4.69) is 26.1 Å². The molecule has 196 valence electrons. The van der Waals surface area contributed by atoms with Gasteiger partial charge in [-0.25, -0.2) is 4.79 Å². The van der Waals surface area contributed by atoms with Gasteiger partial charge in [-0.15, -0.1) is 0 Å². The molecule has 0 radical (unpaired) electrons. The van der Waals surface area contributed by atoms with Crippen LogP contribution in [0.5, 0.6) is 0 Å². The highest BCUT2D eigenvalue weighted by atomic mass is 16.5. The predicted molar refractivity (Wildman–Crippen MR) is 140 cm³/mol. The van der Waals surface area contributed by atoms with Crippen LogP contribution in [0.2, 0.25) is 0 Å². The summed E-state index contributed by atoms with van der Waals surface area (Å²) in [5, 5.41) is 3.35. The first-order valence-electron chi connectivity index (χ1n) is 13.5. The van der Waals surface area contributed by atoms with E-state index >= 15 is 0 Å². The second-order valence-electron chi connectivity index (χ2n) is 11.9. The summed E-state index contributed by atoms with van der Waals surface area (Å²) < 4.78 is 11.9. The minimum atomic E-state index is -0.769. The van der Waals surface area contributed by atoms with E-state index in [1.165, 1.54) is 6.26 Å². The number of fused-ring (bicyclic) bond motifs is 1. The molecule has 1 aromatic rings. The molecule has 1 N–H and O–H groups in total. The summed E-state index contributed by atoms with van der Waals surface area (Å²) >= 11 is 0. The minimum Gasteiger partial charge on any atom is -0.497 e. The first-order valence-corrected chi connectivity index (χ1v) is 13.5. The fourth-order valence-corrected chi connectivity index (χ4v) is 6.44. The fraction of sp³-hybridized carbons (Fsp3) is 0.516. The Morgan fingerprint density at radius 1 is 1.14 bits per heavy atom. The Labute approximate surface area is 219 Å². The molecule has 0 bridgehead atoms. The number of carbonyl (C=O) groups excluding carboxylic acids is 3. The van der Waals surface area contributed by atoms with Crippen LogP contribution < -0.4 is 5.32 Å². The summed E-state index contributed by atoms with van der Waals surface area (Å²) in [4.78, 5) is 41.0. The maximum Gasteiger partial charge on any atom is 0.336 e. The van der Waals surface area contributed by atoms with E-state index in [0.29, 0.717) is 47.6 Å². The van der Waals surface area contributed by atoms with E-state index in [-0.39, 0.29) is 35.6 Å². The third kappa shape index (κ3) is 5.03. The van der Waals surface area contributed by atoms with Crippen molar-refractivity contribution in [3.8, 4) is 0 Å². The Kier molecular flexibility index (Phi) is 6.86. The van der Waals surface area contributed by atoms with Crippen LogP contribution in [0.1, 0.15) is 65.4 Å². The lowest BCUT2D eigenvalue weighted by atomic mass is 9.66. The van der Waals surface area contributed by atoms with Crippen molar-refractivity contribution in [2.45, 2.75) is 72.3 Å². The maximum atomic E-state index is 13.9. The van der Waals surface area contributed by atoms with Gasteiger partial charge in [-0.05, 0) is 49.5 Å². The number of rotatable bonds is 5. The SMILES string of the molecule is CC1=C(C(=O)OCCc2ccccc2)C(C2=COC3CCC(C)CC3C2=O)C2=C(CC(C)(C)CC2=O)N1. The van der Waals surface area contributed by atoms with Crippen molar-refractivity contribution >= 4 is 17.5 Å². The topological polar surface area (TPSA) is 81.7 Å². The van der Waals surface area contributed by atoms with Gasteiger partial charge in [0, 0.05) is 35.4 Å². The third-order valence-corrected chi connectivity index (χ3v) is 8.28. The highest BCUT2D eigenvalue weighted by molar-refractivity contribution is 6.08. The molecule has 5 rings (SSSR count). The second kappa shape index (κ2) is 9.96. The molecule has 37 heavy (non-hydrogen) atoms. The lowest BCUT2D eigenvalue weighted by molar-refractivity contribution is -0.139. The number of hydrogen-bond acceptors (Lipinski definition) is 6. The molecule has 4 atom stereocenters.